The molecule has 29 heavy (non-hydrogen) atoms. The van der Waals surface area contributed by atoms with Gasteiger partial charge in [0.2, 0.25) is 5.91 Å². The molecule has 1 saturated carbocycles. The third kappa shape index (κ3) is 4.21. The van der Waals surface area contributed by atoms with Crippen LogP contribution in [0.5, 0.6) is 0 Å². The maximum atomic E-state index is 12.6. The molecular weight excluding hydrogens is 370 g/mol. The molecule has 0 spiro atoms. The van der Waals surface area contributed by atoms with Crippen LogP contribution in [0.2, 0.25) is 0 Å². The van der Waals surface area contributed by atoms with Crippen LogP contribution in [-0.4, -0.2) is 32.0 Å². The largest absolute Gasteiger partial charge is 0.352 e. The fourth-order valence-corrected chi connectivity index (χ4v) is 3.66. The van der Waals surface area contributed by atoms with Crippen molar-refractivity contribution in [3.8, 4) is 0 Å². The van der Waals surface area contributed by atoms with Crippen molar-refractivity contribution in [3.63, 3.8) is 0 Å². The number of pyridine rings is 1. The van der Waals surface area contributed by atoms with Crippen molar-refractivity contribution in [1.82, 2.24) is 19.5 Å². The molecule has 0 bridgehead atoms. The number of anilines is 1. The first-order chi connectivity index (χ1) is 14.0. The van der Waals surface area contributed by atoms with Crippen molar-refractivity contribution in [2.75, 3.05) is 5.32 Å². The highest BCUT2D eigenvalue weighted by Gasteiger charge is 2.19. The molecule has 1 aromatic carbocycles. The SMILES string of the molecule is Cc1cccc(NC(=O)c2ccc3nn(CC(=O)NC4CCCC4)c(=O)n3c2)c1. The quantitative estimate of drug-likeness (QED) is 0.694. The first-order valence-corrected chi connectivity index (χ1v) is 9.76. The second-order valence-electron chi connectivity index (χ2n) is 7.46. The Kier molecular flexibility index (Phi) is 5.16. The van der Waals surface area contributed by atoms with Gasteiger partial charge < -0.3 is 10.6 Å². The van der Waals surface area contributed by atoms with Crippen LogP contribution in [0.4, 0.5) is 5.69 Å². The van der Waals surface area contributed by atoms with Crippen molar-refractivity contribution in [1.29, 1.82) is 0 Å². The number of hydrogen-bond acceptors (Lipinski definition) is 4. The average Bonchev–Trinajstić information content (AvgIpc) is 3.30. The molecule has 150 valence electrons. The van der Waals surface area contributed by atoms with Crippen LogP contribution in [0.25, 0.3) is 5.65 Å². The molecule has 2 N–H and O–H groups in total. The average molecular weight is 393 g/mol. The molecule has 2 amide bonds. The van der Waals surface area contributed by atoms with Crippen molar-refractivity contribution in [2.45, 2.75) is 45.2 Å². The van der Waals surface area contributed by atoms with Crippen molar-refractivity contribution in [3.05, 3.63) is 64.2 Å². The van der Waals surface area contributed by atoms with Crippen molar-refractivity contribution in [2.24, 2.45) is 0 Å². The maximum absolute atomic E-state index is 12.6. The van der Waals surface area contributed by atoms with E-state index in [-0.39, 0.29) is 24.4 Å². The third-order valence-corrected chi connectivity index (χ3v) is 5.13. The molecule has 2 heterocycles. The van der Waals surface area contributed by atoms with E-state index in [4.69, 9.17) is 0 Å². The lowest BCUT2D eigenvalue weighted by molar-refractivity contribution is -0.122. The lowest BCUT2D eigenvalue weighted by atomic mass is 10.2. The zero-order valence-corrected chi connectivity index (χ0v) is 16.2. The summed E-state index contributed by atoms with van der Waals surface area (Å²) in [5.74, 6) is -0.545. The van der Waals surface area contributed by atoms with E-state index in [0.29, 0.717) is 16.9 Å². The molecule has 2 aromatic heterocycles. The van der Waals surface area contributed by atoms with Gasteiger partial charge in [-0.2, -0.15) is 0 Å². The fraction of sp³-hybridized carbons (Fsp3) is 0.333. The number of fused-ring (bicyclic) bond motifs is 1. The molecule has 4 rings (SSSR count). The molecule has 3 aromatic rings. The van der Waals surface area contributed by atoms with Gasteiger partial charge in [-0.3, -0.25) is 9.59 Å². The summed E-state index contributed by atoms with van der Waals surface area (Å²) in [5, 5.41) is 9.96. The molecule has 1 aliphatic rings. The van der Waals surface area contributed by atoms with Gasteiger partial charge in [0.15, 0.2) is 5.65 Å². The van der Waals surface area contributed by atoms with Gasteiger partial charge in [0.25, 0.3) is 5.91 Å². The van der Waals surface area contributed by atoms with Gasteiger partial charge in [-0.25, -0.2) is 13.9 Å². The van der Waals surface area contributed by atoms with Gasteiger partial charge in [-0.05, 0) is 49.6 Å². The van der Waals surface area contributed by atoms with E-state index in [0.717, 1.165) is 35.9 Å². The number of rotatable bonds is 5. The minimum absolute atomic E-state index is 0.137. The molecule has 0 aliphatic heterocycles. The van der Waals surface area contributed by atoms with Crippen LogP contribution in [0.3, 0.4) is 0 Å². The fourth-order valence-electron chi connectivity index (χ4n) is 3.66. The minimum Gasteiger partial charge on any atom is -0.352 e. The highest BCUT2D eigenvalue weighted by Crippen LogP contribution is 2.17. The number of aromatic nitrogens is 3. The number of carbonyl (C=O) groups is 2. The van der Waals surface area contributed by atoms with Crippen molar-refractivity contribution < 1.29 is 9.59 Å². The first-order valence-electron chi connectivity index (χ1n) is 9.76. The molecule has 1 aliphatic carbocycles. The predicted octanol–water partition coefficient (Wildman–Crippen LogP) is 2.12. The van der Waals surface area contributed by atoms with Crippen molar-refractivity contribution >= 4 is 23.1 Å². The number of carbonyl (C=O) groups excluding carboxylic acids is 2. The number of nitrogens with zero attached hydrogens (tertiary/aromatic N) is 3. The summed E-state index contributed by atoms with van der Waals surface area (Å²) in [6.45, 7) is 1.81. The molecule has 1 fully saturated rings. The van der Waals surface area contributed by atoms with Gasteiger partial charge in [-0.1, -0.05) is 25.0 Å². The van der Waals surface area contributed by atoms with E-state index in [1.807, 2.05) is 25.1 Å². The molecule has 0 atom stereocenters. The number of aryl methyl sites for hydroxylation is 1. The molecule has 0 saturated heterocycles. The molecule has 8 heteroatoms. The first kappa shape index (κ1) is 18.9. The van der Waals surface area contributed by atoms with Crippen LogP contribution in [-0.2, 0) is 11.3 Å². The molecule has 8 nitrogen and oxygen atoms in total. The highest BCUT2D eigenvalue weighted by molar-refractivity contribution is 6.04. The second-order valence-corrected chi connectivity index (χ2v) is 7.46. The normalized spacial score (nSPS) is 14.2. The van der Waals surface area contributed by atoms with E-state index < -0.39 is 5.69 Å². The molecule has 0 radical (unpaired) electrons. The Labute approximate surface area is 167 Å². The smallest absolute Gasteiger partial charge is 0.350 e. The Morgan fingerprint density at radius 3 is 2.72 bits per heavy atom. The lowest BCUT2D eigenvalue weighted by Crippen LogP contribution is -2.37. The topological polar surface area (TPSA) is 97.5 Å². The maximum Gasteiger partial charge on any atom is 0.350 e. The summed E-state index contributed by atoms with van der Waals surface area (Å²) in [6, 6.07) is 10.9. The van der Waals surface area contributed by atoms with Crippen LogP contribution in [0.15, 0.2) is 47.4 Å². The Morgan fingerprint density at radius 2 is 1.97 bits per heavy atom. The summed E-state index contributed by atoms with van der Waals surface area (Å²) in [7, 11) is 0. The van der Waals surface area contributed by atoms with Gasteiger partial charge in [0.1, 0.15) is 6.54 Å². The molecular formula is C21H23N5O3. The van der Waals surface area contributed by atoms with Crippen LogP contribution in [0, 0.1) is 6.92 Å². The number of amides is 2. The number of nitrogens with one attached hydrogen (secondary N) is 2. The van der Waals surface area contributed by atoms with Gasteiger partial charge in [-0.15, -0.1) is 5.10 Å². The van der Waals surface area contributed by atoms with E-state index in [2.05, 4.69) is 15.7 Å². The van der Waals surface area contributed by atoms with Gasteiger partial charge >= 0.3 is 5.69 Å². The van der Waals surface area contributed by atoms with Gasteiger partial charge in [0, 0.05) is 17.9 Å². The second kappa shape index (κ2) is 7.90. The number of hydrogen-bond donors (Lipinski definition) is 2. The predicted molar refractivity (Wildman–Crippen MR) is 109 cm³/mol. The molecule has 0 unspecified atom stereocenters. The Bertz CT molecular complexity index is 1120. The Morgan fingerprint density at radius 1 is 1.17 bits per heavy atom. The van der Waals surface area contributed by atoms with Crippen LogP contribution in [0.1, 0.15) is 41.6 Å². The monoisotopic (exact) mass is 393 g/mol. The van der Waals surface area contributed by atoms with Crippen LogP contribution < -0.4 is 16.3 Å². The summed E-state index contributed by atoms with van der Waals surface area (Å²) in [5.41, 5.74) is 1.98. The highest BCUT2D eigenvalue weighted by atomic mass is 16.2. The third-order valence-electron chi connectivity index (χ3n) is 5.13. The number of benzene rings is 1. The zero-order valence-electron chi connectivity index (χ0n) is 16.2. The van der Waals surface area contributed by atoms with E-state index in [9.17, 15) is 14.4 Å². The Balaban J connectivity index is 1.51. The van der Waals surface area contributed by atoms with Gasteiger partial charge in [0.05, 0.1) is 5.56 Å². The Hall–Kier alpha value is -3.42. The van der Waals surface area contributed by atoms with Crippen LogP contribution >= 0.6 is 0 Å². The van der Waals surface area contributed by atoms with E-state index in [1.165, 1.54) is 10.6 Å². The minimum atomic E-state index is -0.452. The standard InChI is InChI=1S/C21H23N5O3/c1-14-5-4-8-17(11-14)23-20(28)15-9-10-18-24-26(21(29)25(18)12-15)13-19(27)22-16-6-2-3-7-16/h4-5,8-12,16H,2-3,6-7,13H2,1H3,(H,22,27)(H,23,28). The van der Waals surface area contributed by atoms with E-state index >= 15 is 0 Å². The summed E-state index contributed by atoms with van der Waals surface area (Å²) in [4.78, 5) is 37.4. The summed E-state index contributed by atoms with van der Waals surface area (Å²) < 4.78 is 2.41. The zero-order chi connectivity index (χ0) is 20.4. The summed E-state index contributed by atoms with van der Waals surface area (Å²) in [6.07, 6.45) is 5.64. The summed E-state index contributed by atoms with van der Waals surface area (Å²) >= 11 is 0. The lowest BCUT2D eigenvalue weighted by Gasteiger charge is -2.10. The van der Waals surface area contributed by atoms with E-state index in [1.54, 1.807) is 18.2 Å².